The van der Waals surface area contributed by atoms with E-state index >= 15 is 0 Å². The van der Waals surface area contributed by atoms with Gasteiger partial charge < -0.3 is 4.74 Å². The molecule has 25 heavy (non-hydrogen) atoms. The van der Waals surface area contributed by atoms with E-state index in [1.807, 2.05) is 60.2 Å². The van der Waals surface area contributed by atoms with Crippen molar-refractivity contribution in [1.29, 1.82) is 0 Å². The number of anilines is 1. The molecule has 1 N–H and O–H groups in total. The SMILES string of the molecule is COc1ccc(-c2csc(NC(=O)c3cccc(CSC)c3)n2)cc1. The largest absolute Gasteiger partial charge is 0.497 e. The topological polar surface area (TPSA) is 51.2 Å². The number of thiazole rings is 1. The molecule has 0 saturated heterocycles. The molecule has 2 aromatic carbocycles. The third kappa shape index (κ3) is 4.41. The van der Waals surface area contributed by atoms with Crippen LogP contribution in [-0.4, -0.2) is 24.3 Å². The van der Waals surface area contributed by atoms with Gasteiger partial charge in [0.1, 0.15) is 5.75 Å². The van der Waals surface area contributed by atoms with E-state index in [0.29, 0.717) is 10.7 Å². The standard InChI is InChI=1S/C19H18N2O2S2/c1-23-16-8-6-14(7-9-16)17-12-25-19(20-17)21-18(22)15-5-3-4-13(10-15)11-24-2/h3-10,12H,11H2,1-2H3,(H,20,21,22). The van der Waals surface area contributed by atoms with Gasteiger partial charge in [-0.25, -0.2) is 4.98 Å². The molecule has 0 aliphatic heterocycles. The predicted octanol–water partition coefficient (Wildman–Crippen LogP) is 4.93. The lowest BCUT2D eigenvalue weighted by Gasteiger charge is -2.04. The van der Waals surface area contributed by atoms with E-state index in [1.165, 1.54) is 11.3 Å². The van der Waals surface area contributed by atoms with Crippen molar-refractivity contribution in [3.63, 3.8) is 0 Å². The zero-order valence-corrected chi connectivity index (χ0v) is 15.6. The Bertz CT molecular complexity index is 860. The van der Waals surface area contributed by atoms with Crippen LogP contribution < -0.4 is 10.1 Å². The fraction of sp³-hybridized carbons (Fsp3) is 0.158. The number of carbonyl (C=O) groups excluding carboxylic acids is 1. The first-order valence-corrected chi connectivity index (χ1v) is 9.96. The molecule has 0 atom stereocenters. The number of hydrogen-bond donors (Lipinski definition) is 1. The number of rotatable bonds is 6. The highest BCUT2D eigenvalue weighted by Gasteiger charge is 2.10. The molecule has 0 radical (unpaired) electrons. The van der Waals surface area contributed by atoms with E-state index in [2.05, 4.69) is 10.3 Å². The lowest BCUT2D eigenvalue weighted by atomic mass is 10.1. The Labute approximate surface area is 155 Å². The number of nitrogens with zero attached hydrogens (tertiary/aromatic N) is 1. The van der Waals surface area contributed by atoms with E-state index in [0.717, 1.165) is 28.3 Å². The van der Waals surface area contributed by atoms with Gasteiger partial charge in [0, 0.05) is 22.3 Å². The van der Waals surface area contributed by atoms with E-state index in [4.69, 9.17) is 4.74 Å². The summed E-state index contributed by atoms with van der Waals surface area (Å²) in [4.78, 5) is 16.9. The maximum absolute atomic E-state index is 12.4. The fourth-order valence-electron chi connectivity index (χ4n) is 2.36. The molecule has 4 nitrogen and oxygen atoms in total. The number of benzene rings is 2. The number of ether oxygens (including phenoxy) is 1. The lowest BCUT2D eigenvalue weighted by molar-refractivity contribution is 0.102. The van der Waals surface area contributed by atoms with Crippen molar-refractivity contribution >= 4 is 34.1 Å². The number of aromatic nitrogens is 1. The van der Waals surface area contributed by atoms with Gasteiger partial charge in [-0.3, -0.25) is 10.1 Å². The molecule has 0 bridgehead atoms. The number of thioether (sulfide) groups is 1. The van der Waals surface area contributed by atoms with Crippen LogP contribution in [0.15, 0.2) is 53.9 Å². The van der Waals surface area contributed by atoms with Crippen LogP contribution in [0.5, 0.6) is 5.75 Å². The molecular weight excluding hydrogens is 352 g/mol. The van der Waals surface area contributed by atoms with Gasteiger partial charge in [0.25, 0.3) is 5.91 Å². The highest BCUT2D eigenvalue weighted by atomic mass is 32.2. The summed E-state index contributed by atoms with van der Waals surface area (Å²) in [6.45, 7) is 0. The van der Waals surface area contributed by atoms with Gasteiger partial charge in [-0.2, -0.15) is 11.8 Å². The Morgan fingerprint density at radius 1 is 1.24 bits per heavy atom. The van der Waals surface area contributed by atoms with Crippen LogP contribution in [0.25, 0.3) is 11.3 Å². The Morgan fingerprint density at radius 3 is 2.76 bits per heavy atom. The summed E-state index contributed by atoms with van der Waals surface area (Å²) >= 11 is 3.15. The van der Waals surface area contributed by atoms with Crippen LogP contribution in [0, 0.1) is 0 Å². The summed E-state index contributed by atoms with van der Waals surface area (Å²) in [5.74, 6) is 1.55. The Balaban J connectivity index is 1.72. The second-order valence-corrected chi connectivity index (χ2v) is 7.08. The highest BCUT2D eigenvalue weighted by Crippen LogP contribution is 2.26. The quantitative estimate of drug-likeness (QED) is 0.668. The van der Waals surface area contributed by atoms with Crippen LogP contribution >= 0.6 is 23.1 Å². The van der Waals surface area contributed by atoms with E-state index < -0.39 is 0 Å². The number of hydrogen-bond acceptors (Lipinski definition) is 5. The number of amides is 1. The van der Waals surface area contributed by atoms with Crippen molar-refractivity contribution in [2.24, 2.45) is 0 Å². The Hall–Kier alpha value is -2.31. The van der Waals surface area contributed by atoms with E-state index in [9.17, 15) is 4.79 Å². The van der Waals surface area contributed by atoms with E-state index in [1.54, 1.807) is 18.9 Å². The summed E-state index contributed by atoms with van der Waals surface area (Å²) in [6, 6.07) is 15.4. The van der Waals surface area contributed by atoms with Gasteiger partial charge >= 0.3 is 0 Å². The Morgan fingerprint density at radius 2 is 2.04 bits per heavy atom. The molecular formula is C19H18N2O2S2. The molecule has 128 valence electrons. The average Bonchev–Trinajstić information content (AvgIpc) is 3.11. The molecule has 3 rings (SSSR count). The summed E-state index contributed by atoms with van der Waals surface area (Å²) in [6.07, 6.45) is 2.04. The van der Waals surface area contributed by atoms with Gasteiger partial charge in [-0.05, 0) is 48.2 Å². The molecule has 3 aromatic rings. The summed E-state index contributed by atoms with van der Waals surface area (Å²) < 4.78 is 5.16. The van der Waals surface area contributed by atoms with Gasteiger partial charge in [-0.15, -0.1) is 11.3 Å². The first-order chi connectivity index (χ1) is 12.2. The number of carbonyl (C=O) groups is 1. The minimum Gasteiger partial charge on any atom is -0.497 e. The minimum absolute atomic E-state index is 0.140. The summed E-state index contributed by atoms with van der Waals surface area (Å²) in [5, 5.41) is 5.40. The second kappa shape index (κ2) is 8.18. The van der Waals surface area contributed by atoms with Crippen molar-refractivity contribution < 1.29 is 9.53 Å². The lowest BCUT2D eigenvalue weighted by Crippen LogP contribution is -2.11. The van der Waals surface area contributed by atoms with Gasteiger partial charge in [0.2, 0.25) is 0 Å². The molecule has 0 saturated carbocycles. The first kappa shape index (κ1) is 17.5. The maximum Gasteiger partial charge on any atom is 0.257 e. The molecule has 1 aromatic heterocycles. The third-order valence-electron chi connectivity index (χ3n) is 3.61. The number of methoxy groups -OCH3 is 1. The van der Waals surface area contributed by atoms with Crippen LogP contribution in [0.1, 0.15) is 15.9 Å². The van der Waals surface area contributed by atoms with Crippen molar-refractivity contribution in [1.82, 2.24) is 4.98 Å². The van der Waals surface area contributed by atoms with E-state index in [-0.39, 0.29) is 5.91 Å². The van der Waals surface area contributed by atoms with Gasteiger partial charge in [-0.1, -0.05) is 12.1 Å². The number of nitrogens with one attached hydrogen (secondary N) is 1. The van der Waals surface area contributed by atoms with Crippen molar-refractivity contribution in [2.45, 2.75) is 5.75 Å². The molecule has 0 fully saturated rings. The van der Waals surface area contributed by atoms with Crippen molar-refractivity contribution in [2.75, 3.05) is 18.7 Å². The van der Waals surface area contributed by atoms with Gasteiger partial charge in [0.15, 0.2) is 5.13 Å². The monoisotopic (exact) mass is 370 g/mol. The van der Waals surface area contributed by atoms with Crippen molar-refractivity contribution in [3.05, 3.63) is 65.0 Å². The molecule has 0 unspecified atom stereocenters. The molecule has 1 heterocycles. The molecule has 0 aliphatic rings. The summed E-state index contributed by atoms with van der Waals surface area (Å²) in [7, 11) is 1.64. The average molecular weight is 370 g/mol. The highest BCUT2D eigenvalue weighted by molar-refractivity contribution is 7.97. The second-order valence-electron chi connectivity index (χ2n) is 5.35. The van der Waals surface area contributed by atoms with Gasteiger partial charge in [0.05, 0.1) is 12.8 Å². The Kier molecular flexibility index (Phi) is 5.73. The summed E-state index contributed by atoms with van der Waals surface area (Å²) in [5.41, 5.74) is 3.60. The third-order valence-corrected chi connectivity index (χ3v) is 4.99. The molecule has 1 amide bonds. The van der Waals surface area contributed by atoms with Crippen LogP contribution in [0.3, 0.4) is 0 Å². The molecule has 6 heteroatoms. The maximum atomic E-state index is 12.4. The fourth-order valence-corrected chi connectivity index (χ4v) is 3.59. The minimum atomic E-state index is -0.140. The van der Waals surface area contributed by atoms with Crippen molar-refractivity contribution in [3.8, 4) is 17.0 Å². The van der Waals surface area contributed by atoms with Crippen LogP contribution in [0.2, 0.25) is 0 Å². The zero-order chi connectivity index (χ0) is 17.6. The van der Waals surface area contributed by atoms with Crippen LogP contribution in [0.4, 0.5) is 5.13 Å². The molecule has 0 aliphatic carbocycles. The predicted molar refractivity (Wildman–Crippen MR) is 106 cm³/mol. The normalized spacial score (nSPS) is 10.5. The smallest absolute Gasteiger partial charge is 0.257 e. The van der Waals surface area contributed by atoms with Crippen LogP contribution in [-0.2, 0) is 5.75 Å². The molecule has 0 spiro atoms. The first-order valence-electron chi connectivity index (χ1n) is 7.69. The zero-order valence-electron chi connectivity index (χ0n) is 14.0.